The van der Waals surface area contributed by atoms with Gasteiger partial charge in [0.05, 0.1) is 10.6 Å². The summed E-state index contributed by atoms with van der Waals surface area (Å²) in [5.74, 6) is -0.870. The van der Waals surface area contributed by atoms with Crippen molar-refractivity contribution in [3.05, 3.63) is 64.4 Å². The molecule has 0 fully saturated rings. The van der Waals surface area contributed by atoms with E-state index < -0.39 is 5.82 Å². The van der Waals surface area contributed by atoms with Crippen LogP contribution in [0.25, 0.3) is 0 Å². The molecule has 3 nitrogen and oxygen atoms in total. The van der Waals surface area contributed by atoms with Crippen molar-refractivity contribution in [3.63, 3.8) is 0 Å². The third-order valence-electron chi connectivity index (χ3n) is 2.60. The van der Waals surface area contributed by atoms with Crippen molar-refractivity contribution in [2.24, 2.45) is 5.73 Å². The van der Waals surface area contributed by atoms with Gasteiger partial charge in [-0.3, -0.25) is 4.79 Å². The zero-order valence-corrected chi connectivity index (χ0v) is 10.7. The molecule has 98 valence electrons. The minimum Gasteiger partial charge on any atom is -0.326 e. The lowest BCUT2D eigenvalue weighted by Gasteiger charge is -2.08. The quantitative estimate of drug-likeness (QED) is 0.906. The molecule has 0 aromatic heterocycles. The van der Waals surface area contributed by atoms with E-state index in [1.165, 1.54) is 12.1 Å². The molecule has 0 aliphatic rings. The van der Waals surface area contributed by atoms with E-state index in [0.717, 1.165) is 11.6 Å². The normalized spacial score (nSPS) is 10.3. The van der Waals surface area contributed by atoms with E-state index in [2.05, 4.69) is 5.32 Å². The van der Waals surface area contributed by atoms with Crippen molar-refractivity contribution < 1.29 is 9.18 Å². The summed E-state index contributed by atoms with van der Waals surface area (Å²) in [6, 6.07) is 10.8. The number of amides is 1. The Kier molecular flexibility index (Phi) is 4.14. The van der Waals surface area contributed by atoms with Crippen molar-refractivity contribution in [1.29, 1.82) is 0 Å². The minimum atomic E-state index is -0.480. The topological polar surface area (TPSA) is 55.1 Å². The molecule has 0 saturated heterocycles. The first-order chi connectivity index (χ1) is 9.10. The number of nitrogens with one attached hydrogen (secondary N) is 1. The smallest absolute Gasteiger partial charge is 0.257 e. The number of anilines is 1. The molecule has 0 aliphatic carbocycles. The summed E-state index contributed by atoms with van der Waals surface area (Å²) in [5.41, 5.74) is 7.27. The maximum atomic E-state index is 12.9. The van der Waals surface area contributed by atoms with Crippen molar-refractivity contribution >= 4 is 23.2 Å². The first-order valence-corrected chi connectivity index (χ1v) is 6.03. The molecule has 0 unspecified atom stereocenters. The fraction of sp³-hybridized carbons (Fsp3) is 0.0714. The molecule has 0 spiro atoms. The summed E-state index contributed by atoms with van der Waals surface area (Å²) >= 11 is 5.83. The summed E-state index contributed by atoms with van der Waals surface area (Å²) in [4.78, 5) is 12.0. The fourth-order valence-corrected chi connectivity index (χ4v) is 1.90. The first-order valence-electron chi connectivity index (χ1n) is 5.65. The summed E-state index contributed by atoms with van der Waals surface area (Å²) in [6.45, 7) is 0.390. The van der Waals surface area contributed by atoms with Crippen molar-refractivity contribution in [2.45, 2.75) is 6.54 Å². The van der Waals surface area contributed by atoms with Gasteiger partial charge in [0.1, 0.15) is 5.82 Å². The van der Waals surface area contributed by atoms with Crippen LogP contribution < -0.4 is 11.1 Å². The Balaban J connectivity index is 2.20. The Morgan fingerprint density at radius 1 is 1.26 bits per heavy atom. The zero-order valence-electron chi connectivity index (χ0n) is 9.99. The van der Waals surface area contributed by atoms with Crippen LogP contribution in [0.15, 0.2) is 42.5 Å². The standard InChI is InChI=1S/C14H12ClFN2O/c15-13-7-10(16)4-5-12(13)14(19)18-11-3-1-2-9(6-11)8-17/h1-7H,8,17H2,(H,18,19). The highest BCUT2D eigenvalue weighted by Crippen LogP contribution is 2.19. The van der Waals surface area contributed by atoms with Crippen LogP contribution in [0.3, 0.4) is 0 Å². The molecule has 19 heavy (non-hydrogen) atoms. The van der Waals surface area contributed by atoms with Crippen LogP contribution in [-0.2, 0) is 6.54 Å². The average Bonchev–Trinajstić information content (AvgIpc) is 2.38. The molecule has 0 atom stereocenters. The van der Waals surface area contributed by atoms with E-state index in [0.29, 0.717) is 12.2 Å². The molecule has 0 radical (unpaired) electrons. The summed E-state index contributed by atoms with van der Waals surface area (Å²) in [5, 5.41) is 2.77. The molecule has 2 rings (SSSR count). The van der Waals surface area contributed by atoms with Gasteiger partial charge in [0.25, 0.3) is 5.91 Å². The monoisotopic (exact) mass is 278 g/mol. The van der Waals surface area contributed by atoms with Crippen LogP contribution in [-0.4, -0.2) is 5.91 Å². The van der Waals surface area contributed by atoms with Crippen LogP contribution in [0.2, 0.25) is 5.02 Å². The molecule has 1 amide bonds. The van der Waals surface area contributed by atoms with Gasteiger partial charge in [-0.15, -0.1) is 0 Å². The van der Waals surface area contributed by atoms with Crippen LogP contribution in [0.5, 0.6) is 0 Å². The van der Waals surface area contributed by atoms with E-state index >= 15 is 0 Å². The SMILES string of the molecule is NCc1cccc(NC(=O)c2ccc(F)cc2Cl)c1. The molecule has 5 heteroatoms. The molecule has 0 saturated carbocycles. The van der Waals surface area contributed by atoms with Crippen LogP contribution in [0.4, 0.5) is 10.1 Å². The highest BCUT2D eigenvalue weighted by molar-refractivity contribution is 6.34. The Bertz CT molecular complexity index is 616. The lowest BCUT2D eigenvalue weighted by atomic mass is 10.1. The second kappa shape index (κ2) is 5.82. The highest BCUT2D eigenvalue weighted by atomic mass is 35.5. The second-order valence-electron chi connectivity index (χ2n) is 3.98. The minimum absolute atomic E-state index is 0.0764. The van der Waals surface area contributed by atoms with Crippen molar-refractivity contribution in [1.82, 2.24) is 0 Å². The summed E-state index contributed by atoms with van der Waals surface area (Å²) in [6.07, 6.45) is 0. The molecule has 3 N–H and O–H groups in total. The van der Waals surface area contributed by atoms with Crippen LogP contribution in [0.1, 0.15) is 15.9 Å². The molecule has 0 bridgehead atoms. The molecular weight excluding hydrogens is 267 g/mol. The number of hydrogen-bond acceptors (Lipinski definition) is 2. The van der Waals surface area contributed by atoms with Gasteiger partial charge in [-0.2, -0.15) is 0 Å². The van der Waals surface area contributed by atoms with Crippen molar-refractivity contribution in [2.75, 3.05) is 5.32 Å². The van der Waals surface area contributed by atoms with Crippen LogP contribution >= 0.6 is 11.6 Å². The lowest BCUT2D eigenvalue weighted by molar-refractivity contribution is 0.102. The maximum absolute atomic E-state index is 12.9. The second-order valence-corrected chi connectivity index (χ2v) is 4.39. The van der Waals surface area contributed by atoms with Crippen molar-refractivity contribution in [3.8, 4) is 0 Å². The van der Waals surface area contributed by atoms with Gasteiger partial charge in [0, 0.05) is 12.2 Å². The Morgan fingerprint density at radius 2 is 2.05 bits per heavy atom. The number of hydrogen-bond donors (Lipinski definition) is 2. The number of carbonyl (C=O) groups excluding carboxylic acids is 1. The molecule has 0 heterocycles. The highest BCUT2D eigenvalue weighted by Gasteiger charge is 2.11. The lowest BCUT2D eigenvalue weighted by Crippen LogP contribution is -2.13. The van der Waals surface area contributed by atoms with E-state index in [9.17, 15) is 9.18 Å². The fourth-order valence-electron chi connectivity index (χ4n) is 1.65. The Hall–Kier alpha value is -1.91. The first kappa shape index (κ1) is 13.5. The van der Waals surface area contributed by atoms with Gasteiger partial charge in [0.15, 0.2) is 0 Å². The number of benzene rings is 2. The number of nitrogens with two attached hydrogens (primary N) is 1. The predicted molar refractivity (Wildman–Crippen MR) is 73.7 cm³/mol. The number of rotatable bonds is 3. The Labute approximate surface area is 115 Å². The van der Waals surface area contributed by atoms with Crippen LogP contribution in [0, 0.1) is 5.82 Å². The third kappa shape index (κ3) is 3.30. The summed E-state index contributed by atoms with van der Waals surface area (Å²) in [7, 11) is 0. The van der Waals surface area contributed by atoms with E-state index in [1.54, 1.807) is 18.2 Å². The Morgan fingerprint density at radius 3 is 2.74 bits per heavy atom. The van der Waals surface area contributed by atoms with E-state index in [4.69, 9.17) is 17.3 Å². The van der Waals surface area contributed by atoms with Gasteiger partial charge in [-0.25, -0.2) is 4.39 Å². The predicted octanol–water partition coefficient (Wildman–Crippen LogP) is 3.19. The average molecular weight is 279 g/mol. The summed E-state index contributed by atoms with van der Waals surface area (Å²) < 4.78 is 12.9. The third-order valence-corrected chi connectivity index (χ3v) is 2.91. The number of halogens is 2. The van der Waals surface area contributed by atoms with Gasteiger partial charge in [-0.1, -0.05) is 23.7 Å². The molecule has 0 aliphatic heterocycles. The van der Waals surface area contributed by atoms with Gasteiger partial charge in [-0.05, 0) is 35.9 Å². The van der Waals surface area contributed by atoms with Gasteiger partial charge in [0.2, 0.25) is 0 Å². The largest absolute Gasteiger partial charge is 0.326 e. The van der Waals surface area contributed by atoms with Gasteiger partial charge < -0.3 is 11.1 Å². The van der Waals surface area contributed by atoms with E-state index in [1.807, 2.05) is 6.07 Å². The van der Waals surface area contributed by atoms with Gasteiger partial charge >= 0.3 is 0 Å². The maximum Gasteiger partial charge on any atom is 0.257 e. The van der Waals surface area contributed by atoms with E-state index in [-0.39, 0.29) is 16.5 Å². The molecule has 2 aromatic rings. The molecular formula is C14H12ClFN2O. The zero-order chi connectivity index (χ0) is 13.8. The molecule has 2 aromatic carbocycles. The number of carbonyl (C=O) groups is 1.